The van der Waals surface area contributed by atoms with Crippen LogP contribution in [0.2, 0.25) is 0 Å². The van der Waals surface area contributed by atoms with Crippen molar-refractivity contribution in [3.8, 4) is 0 Å². The topological polar surface area (TPSA) is 12.5 Å². The summed E-state index contributed by atoms with van der Waals surface area (Å²) in [7, 11) is 0. The molecule has 3 atom stereocenters. The Labute approximate surface area is 192 Å². The molecule has 2 aliphatic rings. The van der Waals surface area contributed by atoms with Gasteiger partial charge in [-0.2, -0.15) is 0 Å². The summed E-state index contributed by atoms with van der Waals surface area (Å²) in [5, 5.41) is 0. The second-order valence-electron chi connectivity index (χ2n) is 10.9. The molecule has 0 N–H and O–H groups in total. The van der Waals surface area contributed by atoms with Crippen LogP contribution in [0.5, 0.6) is 0 Å². The fraction of sp³-hybridized carbons (Fsp3) is 0.520. The van der Waals surface area contributed by atoms with Gasteiger partial charge in [-0.05, 0) is 35.5 Å². The molecule has 2 fully saturated rings. The van der Waals surface area contributed by atoms with Gasteiger partial charge in [0.25, 0.3) is 0 Å². The lowest BCUT2D eigenvalue weighted by molar-refractivity contribution is 0.343. The van der Waals surface area contributed by atoms with Crippen molar-refractivity contribution < 1.29 is 39.9 Å². The van der Waals surface area contributed by atoms with Gasteiger partial charge in [-0.15, -0.1) is 0 Å². The molecule has 1 saturated heterocycles. The van der Waals surface area contributed by atoms with Crippen LogP contribution in [-0.2, 0) is 15.6 Å². The van der Waals surface area contributed by atoms with E-state index in [1.54, 1.807) is 0 Å². The molecule has 9 heteroatoms. The molecule has 0 aromatic heterocycles. The molecule has 3 unspecified atom stereocenters. The first-order valence-corrected chi connectivity index (χ1v) is 10.9. The lowest BCUT2D eigenvalue weighted by atomic mass is 9.78. The van der Waals surface area contributed by atoms with E-state index < -0.39 is 97.6 Å². The molecular weight excluding hydrogens is 468 g/mol. The first kappa shape index (κ1) is 24.9. The van der Waals surface area contributed by atoms with Gasteiger partial charge in [-0.25, -0.2) is 35.1 Å². The molecule has 0 radical (unpaired) electrons. The van der Waals surface area contributed by atoms with Gasteiger partial charge in [0.1, 0.15) is 6.10 Å². The summed E-state index contributed by atoms with van der Waals surface area (Å²) in [6.45, 7) is 6.86. The first-order valence-electron chi connectivity index (χ1n) is 10.9. The molecule has 2 aromatic carbocycles. The smallest absolute Gasteiger partial charge is 0.168 e. The van der Waals surface area contributed by atoms with Crippen molar-refractivity contribution in [2.45, 2.75) is 70.3 Å². The number of rotatable bonds is 5. The Morgan fingerprint density at radius 2 is 1.06 bits per heavy atom. The minimum atomic E-state index is -1.56. The van der Waals surface area contributed by atoms with Crippen LogP contribution in [0.1, 0.15) is 81.7 Å². The number of ether oxygens (including phenoxy) is 1. The van der Waals surface area contributed by atoms with Crippen LogP contribution in [0.25, 0.3) is 0 Å². The zero-order valence-corrected chi connectivity index (χ0v) is 19.3. The minimum absolute atomic E-state index is 0.0581. The molecule has 34 heavy (non-hydrogen) atoms. The maximum atomic E-state index is 14.8. The predicted octanol–water partition coefficient (Wildman–Crippen LogP) is 7.64. The highest BCUT2D eigenvalue weighted by Gasteiger charge is 2.49. The molecule has 186 valence electrons. The monoisotopic (exact) mass is 492 g/mol. The van der Waals surface area contributed by atoms with E-state index in [9.17, 15) is 35.1 Å². The molecule has 4 rings (SSSR count). The van der Waals surface area contributed by atoms with E-state index >= 15 is 0 Å². The fourth-order valence-electron chi connectivity index (χ4n) is 4.96. The van der Waals surface area contributed by atoms with Crippen molar-refractivity contribution in [3.05, 3.63) is 68.8 Å². The maximum absolute atomic E-state index is 14.8. The second-order valence-corrected chi connectivity index (χ2v) is 10.9. The maximum Gasteiger partial charge on any atom is 0.168 e. The van der Waals surface area contributed by atoms with Crippen molar-refractivity contribution in [1.29, 1.82) is 0 Å². The van der Waals surface area contributed by atoms with E-state index in [0.29, 0.717) is 0 Å². The molecule has 0 spiro atoms. The van der Waals surface area contributed by atoms with E-state index in [1.807, 2.05) is 0 Å². The van der Waals surface area contributed by atoms with Gasteiger partial charge in [0.2, 0.25) is 0 Å². The predicted molar refractivity (Wildman–Crippen MR) is 108 cm³/mol. The lowest BCUT2D eigenvalue weighted by Crippen LogP contribution is -2.25. The van der Waals surface area contributed by atoms with Crippen LogP contribution in [0.4, 0.5) is 35.1 Å². The number of benzene rings is 2. The van der Waals surface area contributed by atoms with E-state index in [2.05, 4.69) is 0 Å². The highest BCUT2D eigenvalue weighted by Crippen LogP contribution is 2.56. The lowest BCUT2D eigenvalue weighted by Gasteiger charge is -2.28. The van der Waals surface area contributed by atoms with Gasteiger partial charge in [0.15, 0.2) is 46.5 Å². The third kappa shape index (κ3) is 3.89. The molecule has 1 aliphatic carbocycles. The third-order valence-electron chi connectivity index (χ3n) is 6.74. The Morgan fingerprint density at radius 3 is 1.47 bits per heavy atom. The summed E-state index contributed by atoms with van der Waals surface area (Å²) >= 11 is 0. The van der Waals surface area contributed by atoms with Crippen LogP contribution in [0.3, 0.4) is 0 Å². The summed E-state index contributed by atoms with van der Waals surface area (Å²) < 4.78 is 122. The molecule has 1 heterocycles. The average molecular weight is 492 g/mol. The summed E-state index contributed by atoms with van der Waals surface area (Å²) in [4.78, 5) is 0. The van der Waals surface area contributed by atoms with Crippen molar-refractivity contribution in [2.75, 3.05) is 6.61 Å². The summed E-state index contributed by atoms with van der Waals surface area (Å²) in [5.41, 5.74) is -5.80. The quantitative estimate of drug-likeness (QED) is 0.237. The zero-order valence-electron chi connectivity index (χ0n) is 19.3. The summed E-state index contributed by atoms with van der Waals surface area (Å²) in [6.07, 6.45) is -1.10. The van der Waals surface area contributed by atoms with Crippen molar-refractivity contribution in [3.63, 3.8) is 0 Å². The third-order valence-corrected chi connectivity index (χ3v) is 6.74. The van der Waals surface area contributed by atoms with Crippen LogP contribution >= 0.6 is 0 Å². The molecule has 1 saturated carbocycles. The van der Waals surface area contributed by atoms with Crippen LogP contribution in [0, 0.1) is 52.5 Å². The van der Waals surface area contributed by atoms with E-state index in [4.69, 9.17) is 4.74 Å². The fourth-order valence-corrected chi connectivity index (χ4v) is 4.96. The van der Waals surface area contributed by atoms with Crippen LogP contribution in [0.15, 0.2) is 0 Å². The number of hydrogen-bond donors (Lipinski definition) is 0. The zero-order chi connectivity index (χ0) is 25.5. The van der Waals surface area contributed by atoms with Crippen LogP contribution in [-0.4, -0.2) is 6.61 Å². The Morgan fingerprint density at radius 1 is 0.647 bits per heavy atom. The molecular formula is C25H24F8O. The average Bonchev–Trinajstić information content (AvgIpc) is 3.62. The Hall–Kier alpha value is -2.16. The number of epoxide rings is 1. The standard InChI is InChI=1S/C25H24F8O/c1-24(2,3)14-20(30)16(26)12(17(27)21(14)31)10-6-9(10)7-25(4,5)15-22(32)18(28)13(11-8-34-11)19(29)23(15)33/h9-11H,6-8H2,1-5H3. The first-order chi connectivity index (χ1) is 15.6. The number of halogens is 8. The highest BCUT2D eigenvalue weighted by atomic mass is 19.2. The number of hydrogen-bond acceptors (Lipinski definition) is 1. The Kier molecular flexibility index (Phi) is 5.82. The van der Waals surface area contributed by atoms with E-state index in [-0.39, 0.29) is 19.4 Å². The molecule has 2 aromatic rings. The molecule has 1 aliphatic heterocycles. The Bertz CT molecular complexity index is 1120. The molecule has 1 nitrogen and oxygen atoms in total. The van der Waals surface area contributed by atoms with E-state index in [0.717, 1.165) is 0 Å². The Balaban J connectivity index is 1.66. The van der Waals surface area contributed by atoms with E-state index in [1.165, 1.54) is 34.6 Å². The van der Waals surface area contributed by atoms with Gasteiger partial charge >= 0.3 is 0 Å². The van der Waals surface area contributed by atoms with Gasteiger partial charge in [0, 0.05) is 16.7 Å². The van der Waals surface area contributed by atoms with Crippen molar-refractivity contribution in [2.24, 2.45) is 5.92 Å². The molecule has 0 bridgehead atoms. The van der Waals surface area contributed by atoms with Gasteiger partial charge in [-0.1, -0.05) is 34.6 Å². The second kappa shape index (κ2) is 7.93. The summed E-state index contributed by atoms with van der Waals surface area (Å²) in [6, 6.07) is 0. The molecule has 0 amide bonds. The highest BCUT2D eigenvalue weighted by molar-refractivity contribution is 5.40. The van der Waals surface area contributed by atoms with Gasteiger partial charge in [0.05, 0.1) is 12.2 Å². The normalized spacial score (nSPS) is 22.3. The van der Waals surface area contributed by atoms with Gasteiger partial charge < -0.3 is 4.74 Å². The largest absolute Gasteiger partial charge is 0.368 e. The van der Waals surface area contributed by atoms with Gasteiger partial charge in [-0.3, -0.25) is 0 Å². The SMILES string of the molecule is CC(C)(C)c1c(F)c(F)c(C2CC2CC(C)(C)c2c(F)c(F)c(C3CO3)c(F)c2F)c(F)c1F. The van der Waals surface area contributed by atoms with Crippen LogP contribution < -0.4 is 0 Å². The van der Waals surface area contributed by atoms with Crippen molar-refractivity contribution in [1.82, 2.24) is 0 Å². The minimum Gasteiger partial charge on any atom is -0.368 e. The van der Waals surface area contributed by atoms with Crippen molar-refractivity contribution >= 4 is 0 Å². The summed E-state index contributed by atoms with van der Waals surface area (Å²) in [5.74, 6) is -13.7.